The fourth-order valence-electron chi connectivity index (χ4n) is 1.73. The molecule has 120 valence electrons. The molecule has 0 aromatic carbocycles. The van der Waals surface area contributed by atoms with E-state index in [1.54, 1.807) is 17.5 Å². The lowest BCUT2D eigenvalue weighted by Crippen LogP contribution is -2.27. The zero-order valence-corrected chi connectivity index (χ0v) is 15.1. The van der Waals surface area contributed by atoms with E-state index in [1.165, 1.54) is 4.88 Å². The highest BCUT2D eigenvalue weighted by Gasteiger charge is 2.17. The van der Waals surface area contributed by atoms with Crippen LogP contribution >= 0.6 is 27.3 Å². The number of aromatic amines is 1. The van der Waals surface area contributed by atoms with Gasteiger partial charge in [0.15, 0.2) is 0 Å². The van der Waals surface area contributed by atoms with Crippen molar-refractivity contribution in [3.05, 3.63) is 32.6 Å². The van der Waals surface area contributed by atoms with Crippen LogP contribution in [0.5, 0.6) is 0 Å². The fraction of sp³-hybridized carbons (Fsp3) is 0.429. The Balaban J connectivity index is 1.85. The summed E-state index contributed by atoms with van der Waals surface area (Å²) in [5, 5.41) is 14.8. The summed E-state index contributed by atoms with van der Waals surface area (Å²) in [6, 6.07) is 2.08. The van der Waals surface area contributed by atoms with Crippen LogP contribution < -0.4 is 10.6 Å². The minimum Gasteiger partial charge on any atom is -0.444 e. The van der Waals surface area contributed by atoms with Crippen LogP contribution in [0.15, 0.2) is 22.1 Å². The molecule has 3 N–H and O–H groups in total. The quantitative estimate of drug-likeness (QED) is 0.728. The van der Waals surface area contributed by atoms with Gasteiger partial charge in [0.25, 0.3) is 0 Å². The molecule has 0 unspecified atom stereocenters. The molecule has 0 saturated carbocycles. The van der Waals surface area contributed by atoms with Crippen LogP contribution in [-0.4, -0.2) is 21.9 Å². The van der Waals surface area contributed by atoms with Crippen molar-refractivity contribution in [2.24, 2.45) is 0 Å². The summed E-state index contributed by atoms with van der Waals surface area (Å²) in [7, 11) is 0. The summed E-state index contributed by atoms with van der Waals surface area (Å²) in [5.41, 5.74) is 0.344. The van der Waals surface area contributed by atoms with Crippen molar-refractivity contribution >= 4 is 39.2 Å². The number of carbonyl (C=O) groups excluding carboxylic acids is 1. The maximum atomic E-state index is 11.8. The summed E-state index contributed by atoms with van der Waals surface area (Å²) in [6.45, 7) is 6.81. The van der Waals surface area contributed by atoms with Gasteiger partial charge < -0.3 is 10.1 Å². The van der Waals surface area contributed by atoms with Gasteiger partial charge in [0.1, 0.15) is 11.4 Å². The van der Waals surface area contributed by atoms with Gasteiger partial charge in [-0.05, 0) is 42.8 Å². The van der Waals surface area contributed by atoms with Crippen LogP contribution in [0.3, 0.4) is 0 Å². The third-order valence-corrected chi connectivity index (χ3v) is 4.28. The van der Waals surface area contributed by atoms with Gasteiger partial charge in [-0.15, -0.1) is 11.3 Å². The largest absolute Gasteiger partial charge is 0.444 e. The number of rotatable bonds is 5. The lowest BCUT2D eigenvalue weighted by molar-refractivity contribution is 0.0635. The summed E-state index contributed by atoms with van der Waals surface area (Å²) in [5.74, 6) is 0.550. The number of carbonyl (C=O) groups is 1. The number of hydrogen-bond acceptors (Lipinski definition) is 5. The second-order valence-corrected chi connectivity index (χ2v) is 7.64. The van der Waals surface area contributed by atoms with E-state index in [4.69, 9.17) is 4.74 Å². The molecular formula is C14H19BrN4O2S. The van der Waals surface area contributed by atoms with Crippen molar-refractivity contribution in [3.8, 4) is 0 Å². The number of ether oxygens (including phenoxy) is 1. The Kier molecular flexibility index (Phi) is 5.60. The minimum absolute atomic E-state index is 0.500. The third kappa shape index (κ3) is 5.43. The first kappa shape index (κ1) is 17.0. The Hall–Kier alpha value is -1.38. The lowest BCUT2D eigenvalue weighted by Gasteiger charge is -2.19. The topological polar surface area (TPSA) is 79.0 Å². The van der Waals surface area contributed by atoms with Crippen molar-refractivity contribution < 1.29 is 9.53 Å². The molecule has 0 radical (unpaired) electrons. The number of nitrogens with zero attached hydrogens (tertiary/aromatic N) is 1. The van der Waals surface area contributed by atoms with Crippen LogP contribution in [-0.2, 0) is 17.8 Å². The Bertz CT molecular complexity index is 633. The molecule has 0 aliphatic heterocycles. The van der Waals surface area contributed by atoms with Gasteiger partial charge in [-0.1, -0.05) is 0 Å². The monoisotopic (exact) mass is 386 g/mol. The van der Waals surface area contributed by atoms with Gasteiger partial charge in [0, 0.05) is 33.4 Å². The molecule has 2 heterocycles. The van der Waals surface area contributed by atoms with E-state index in [-0.39, 0.29) is 0 Å². The predicted molar refractivity (Wildman–Crippen MR) is 91.0 cm³/mol. The average Bonchev–Trinajstić information content (AvgIpc) is 2.97. The molecule has 8 heteroatoms. The molecule has 0 aliphatic carbocycles. The number of halogens is 1. The van der Waals surface area contributed by atoms with Crippen LogP contribution in [0.1, 0.15) is 31.2 Å². The van der Waals surface area contributed by atoms with Crippen LogP contribution in [0.4, 0.5) is 10.6 Å². The van der Waals surface area contributed by atoms with E-state index in [2.05, 4.69) is 42.8 Å². The second-order valence-electron chi connectivity index (χ2n) is 5.73. The van der Waals surface area contributed by atoms with E-state index in [9.17, 15) is 4.79 Å². The van der Waals surface area contributed by atoms with E-state index >= 15 is 0 Å². The summed E-state index contributed by atoms with van der Waals surface area (Å²) in [6.07, 6.45) is 1.18. The Morgan fingerprint density at radius 3 is 2.86 bits per heavy atom. The molecule has 2 aromatic rings. The molecule has 2 rings (SSSR count). The molecule has 2 aromatic heterocycles. The van der Waals surface area contributed by atoms with E-state index < -0.39 is 11.7 Å². The van der Waals surface area contributed by atoms with Gasteiger partial charge in [-0.3, -0.25) is 10.4 Å². The van der Waals surface area contributed by atoms with Crippen LogP contribution in [0.25, 0.3) is 0 Å². The molecule has 0 atom stereocenters. The number of anilines is 1. The molecular weight excluding hydrogens is 368 g/mol. The van der Waals surface area contributed by atoms with Crippen LogP contribution in [0, 0.1) is 0 Å². The van der Waals surface area contributed by atoms with E-state index in [1.807, 2.05) is 26.2 Å². The Labute approximate surface area is 141 Å². The zero-order valence-electron chi connectivity index (χ0n) is 12.7. The molecule has 0 saturated heterocycles. The SMILES string of the molecule is CC(C)(C)OC(=O)Nc1[nH]ncc1CNCc1cc(Br)cs1. The zero-order chi connectivity index (χ0) is 16.2. The summed E-state index contributed by atoms with van der Waals surface area (Å²) in [4.78, 5) is 13.0. The summed E-state index contributed by atoms with van der Waals surface area (Å²) >= 11 is 5.12. The van der Waals surface area contributed by atoms with Crippen molar-refractivity contribution in [3.63, 3.8) is 0 Å². The number of H-pyrrole nitrogens is 1. The first-order valence-electron chi connectivity index (χ1n) is 6.79. The number of nitrogens with one attached hydrogen (secondary N) is 3. The number of aromatic nitrogens is 2. The molecule has 22 heavy (non-hydrogen) atoms. The van der Waals surface area contributed by atoms with Crippen molar-refractivity contribution in [1.29, 1.82) is 0 Å². The van der Waals surface area contributed by atoms with Gasteiger partial charge >= 0.3 is 6.09 Å². The van der Waals surface area contributed by atoms with Gasteiger partial charge in [0.2, 0.25) is 0 Å². The molecule has 0 spiro atoms. The maximum absolute atomic E-state index is 11.8. The standard InChI is InChI=1S/C14H19BrN4O2S/c1-14(2,3)21-13(20)18-12-9(6-17-19-12)5-16-7-11-4-10(15)8-22-11/h4,6,8,16H,5,7H2,1-3H3,(H2,17,18,19,20). The Morgan fingerprint density at radius 2 is 2.23 bits per heavy atom. The van der Waals surface area contributed by atoms with Crippen LogP contribution in [0.2, 0.25) is 0 Å². The number of thiophene rings is 1. The van der Waals surface area contributed by atoms with Gasteiger partial charge in [-0.25, -0.2) is 4.79 Å². The molecule has 0 bridgehead atoms. The number of hydrogen-bond donors (Lipinski definition) is 3. The normalized spacial score (nSPS) is 11.5. The van der Waals surface area contributed by atoms with Gasteiger partial charge in [-0.2, -0.15) is 5.10 Å². The maximum Gasteiger partial charge on any atom is 0.413 e. The van der Waals surface area contributed by atoms with Gasteiger partial charge in [0.05, 0.1) is 6.20 Å². The highest BCUT2D eigenvalue weighted by atomic mass is 79.9. The molecule has 0 fully saturated rings. The van der Waals surface area contributed by atoms with E-state index in [0.717, 1.165) is 16.6 Å². The van der Waals surface area contributed by atoms with E-state index in [0.29, 0.717) is 12.4 Å². The average molecular weight is 387 g/mol. The molecule has 6 nitrogen and oxygen atoms in total. The Morgan fingerprint density at radius 1 is 1.45 bits per heavy atom. The second kappa shape index (κ2) is 7.26. The summed E-state index contributed by atoms with van der Waals surface area (Å²) < 4.78 is 6.31. The predicted octanol–water partition coefficient (Wildman–Crippen LogP) is 3.87. The smallest absolute Gasteiger partial charge is 0.413 e. The molecule has 1 amide bonds. The van der Waals surface area contributed by atoms with Crippen molar-refractivity contribution in [2.75, 3.05) is 5.32 Å². The first-order valence-corrected chi connectivity index (χ1v) is 8.46. The third-order valence-electron chi connectivity index (χ3n) is 2.58. The highest BCUT2D eigenvalue weighted by molar-refractivity contribution is 9.10. The van der Waals surface area contributed by atoms with Crippen molar-refractivity contribution in [1.82, 2.24) is 15.5 Å². The highest BCUT2D eigenvalue weighted by Crippen LogP contribution is 2.20. The molecule has 0 aliphatic rings. The minimum atomic E-state index is -0.533. The number of amides is 1. The van der Waals surface area contributed by atoms with Crippen molar-refractivity contribution in [2.45, 2.75) is 39.5 Å². The fourth-order valence-corrected chi connectivity index (χ4v) is 3.15. The lowest BCUT2D eigenvalue weighted by atomic mass is 10.2. The first-order chi connectivity index (χ1) is 10.3.